The molecule has 2 aromatic heterocycles. The first kappa shape index (κ1) is 22.3. The van der Waals surface area contributed by atoms with Crippen molar-refractivity contribution in [3.63, 3.8) is 0 Å². The van der Waals surface area contributed by atoms with E-state index in [4.69, 9.17) is 10.4 Å². The summed E-state index contributed by atoms with van der Waals surface area (Å²) in [6.45, 7) is 4.27. The van der Waals surface area contributed by atoms with E-state index in [1.165, 1.54) is 12.1 Å². The summed E-state index contributed by atoms with van der Waals surface area (Å²) < 4.78 is 15.1. The highest BCUT2D eigenvalue weighted by atomic mass is 19.1. The predicted molar refractivity (Wildman–Crippen MR) is 131 cm³/mol. The maximum Gasteiger partial charge on any atom is 0.257 e. The first-order valence-electron chi connectivity index (χ1n) is 11.3. The Labute approximate surface area is 202 Å². The molecule has 0 bridgehead atoms. The first-order valence-corrected chi connectivity index (χ1v) is 11.3. The van der Waals surface area contributed by atoms with E-state index in [-0.39, 0.29) is 11.7 Å². The van der Waals surface area contributed by atoms with Crippen molar-refractivity contribution in [2.24, 2.45) is 0 Å². The summed E-state index contributed by atoms with van der Waals surface area (Å²) in [7, 11) is 0. The number of hydrogen-bond acceptors (Lipinski definition) is 5. The molecule has 2 aromatic carbocycles. The van der Waals surface area contributed by atoms with Gasteiger partial charge in [-0.05, 0) is 43.3 Å². The number of amides is 1. The van der Waals surface area contributed by atoms with Crippen LogP contribution in [0.4, 0.5) is 10.2 Å². The minimum Gasteiger partial charge on any atom is -0.353 e. The maximum absolute atomic E-state index is 13.6. The van der Waals surface area contributed by atoms with Gasteiger partial charge >= 0.3 is 0 Å². The summed E-state index contributed by atoms with van der Waals surface area (Å²) >= 11 is 0. The molecule has 0 saturated carbocycles. The number of nitriles is 1. The van der Waals surface area contributed by atoms with Gasteiger partial charge in [0.15, 0.2) is 0 Å². The van der Waals surface area contributed by atoms with E-state index in [0.717, 1.165) is 16.9 Å². The van der Waals surface area contributed by atoms with Gasteiger partial charge in [-0.15, -0.1) is 0 Å². The van der Waals surface area contributed by atoms with Gasteiger partial charge in [-0.2, -0.15) is 10.4 Å². The monoisotopic (exact) mass is 466 g/mol. The number of hydrogen-bond donors (Lipinski definition) is 0. The van der Waals surface area contributed by atoms with Crippen LogP contribution in [0.15, 0.2) is 73.1 Å². The fourth-order valence-corrected chi connectivity index (χ4v) is 4.15. The number of aryl methyl sites for hydroxylation is 1. The molecule has 1 amide bonds. The number of halogens is 1. The van der Waals surface area contributed by atoms with Gasteiger partial charge in [0, 0.05) is 44.1 Å². The van der Waals surface area contributed by atoms with Crippen LogP contribution < -0.4 is 4.90 Å². The molecule has 1 aliphatic rings. The Morgan fingerprint density at radius 3 is 2.40 bits per heavy atom. The van der Waals surface area contributed by atoms with Crippen LogP contribution in [0.2, 0.25) is 0 Å². The van der Waals surface area contributed by atoms with Crippen LogP contribution in [0.1, 0.15) is 21.5 Å². The normalized spacial score (nSPS) is 13.5. The molecule has 1 saturated heterocycles. The SMILES string of the molecule is Cc1ccc(-c2nn(-c3ccc(F)cc3)cc2C(=O)N2CCN(c3cc(C#N)ccn3)CC2)cc1. The van der Waals surface area contributed by atoms with Crippen molar-refractivity contribution in [1.29, 1.82) is 5.26 Å². The van der Waals surface area contributed by atoms with Crippen molar-refractivity contribution >= 4 is 11.7 Å². The molecule has 174 valence electrons. The molecule has 0 radical (unpaired) electrons. The summed E-state index contributed by atoms with van der Waals surface area (Å²) in [5.74, 6) is 0.302. The zero-order chi connectivity index (χ0) is 24.4. The smallest absolute Gasteiger partial charge is 0.257 e. The Morgan fingerprint density at radius 2 is 1.71 bits per heavy atom. The zero-order valence-corrected chi connectivity index (χ0v) is 19.2. The number of nitrogens with zero attached hydrogens (tertiary/aromatic N) is 6. The third kappa shape index (κ3) is 4.62. The Kier molecular flexibility index (Phi) is 5.98. The summed E-state index contributed by atoms with van der Waals surface area (Å²) in [4.78, 5) is 21.9. The largest absolute Gasteiger partial charge is 0.353 e. The van der Waals surface area contributed by atoms with Crippen molar-refractivity contribution in [2.75, 3.05) is 31.1 Å². The molecule has 7 nitrogen and oxygen atoms in total. The van der Waals surface area contributed by atoms with Crippen LogP contribution in [0.5, 0.6) is 0 Å². The Balaban J connectivity index is 1.42. The molecule has 0 N–H and O–H groups in total. The minimum absolute atomic E-state index is 0.104. The second-order valence-corrected chi connectivity index (χ2v) is 8.47. The number of piperazine rings is 1. The Hall–Kier alpha value is -4.51. The lowest BCUT2D eigenvalue weighted by molar-refractivity contribution is 0.0747. The lowest BCUT2D eigenvalue weighted by Gasteiger charge is -2.35. The third-order valence-corrected chi connectivity index (χ3v) is 6.13. The van der Waals surface area contributed by atoms with Crippen LogP contribution in [0.3, 0.4) is 0 Å². The number of carbonyl (C=O) groups excluding carboxylic acids is 1. The molecule has 0 atom stereocenters. The molecule has 0 unspecified atom stereocenters. The molecule has 35 heavy (non-hydrogen) atoms. The van der Waals surface area contributed by atoms with E-state index in [1.807, 2.05) is 36.1 Å². The lowest BCUT2D eigenvalue weighted by atomic mass is 10.1. The number of anilines is 1. The van der Waals surface area contributed by atoms with Crippen LogP contribution in [0.25, 0.3) is 16.9 Å². The average Bonchev–Trinajstić information content (AvgIpc) is 3.34. The van der Waals surface area contributed by atoms with Crippen molar-refractivity contribution in [2.45, 2.75) is 6.92 Å². The van der Waals surface area contributed by atoms with Crippen molar-refractivity contribution in [3.05, 3.63) is 95.6 Å². The number of rotatable bonds is 4. The van der Waals surface area contributed by atoms with Crippen molar-refractivity contribution < 1.29 is 9.18 Å². The van der Waals surface area contributed by atoms with Gasteiger partial charge in [0.25, 0.3) is 5.91 Å². The van der Waals surface area contributed by atoms with Crippen LogP contribution >= 0.6 is 0 Å². The highest BCUT2D eigenvalue weighted by Gasteiger charge is 2.27. The molecule has 3 heterocycles. The van der Waals surface area contributed by atoms with E-state index < -0.39 is 0 Å². The molecule has 1 aliphatic heterocycles. The molecule has 0 spiro atoms. The van der Waals surface area contributed by atoms with Gasteiger partial charge in [0.05, 0.1) is 22.9 Å². The molecule has 0 aliphatic carbocycles. The maximum atomic E-state index is 13.6. The van der Waals surface area contributed by atoms with Gasteiger partial charge in [-0.3, -0.25) is 4.79 Å². The van der Waals surface area contributed by atoms with Gasteiger partial charge in [0.2, 0.25) is 0 Å². The standard InChI is InChI=1S/C27H23FN6O/c1-19-2-4-21(5-3-19)26-24(18-34(31-26)23-8-6-22(28)7-9-23)27(35)33-14-12-32(13-15-33)25-16-20(17-29)10-11-30-25/h2-11,16,18H,12-15H2,1H3. The van der Waals surface area contributed by atoms with Crippen LogP contribution in [-0.4, -0.2) is 51.8 Å². The summed E-state index contributed by atoms with van der Waals surface area (Å²) in [6.07, 6.45) is 3.35. The molecular weight excluding hydrogens is 443 g/mol. The number of aromatic nitrogens is 3. The fraction of sp³-hybridized carbons (Fsp3) is 0.185. The molecule has 5 rings (SSSR count). The van der Waals surface area contributed by atoms with E-state index in [1.54, 1.807) is 41.3 Å². The molecule has 4 aromatic rings. The quantitative estimate of drug-likeness (QED) is 0.450. The molecule has 1 fully saturated rings. The second-order valence-electron chi connectivity index (χ2n) is 8.47. The lowest BCUT2D eigenvalue weighted by Crippen LogP contribution is -2.49. The van der Waals surface area contributed by atoms with Crippen molar-refractivity contribution in [3.8, 4) is 23.0 Å². The first-order chi connectivity index (χ1) is 17.0. The van der Waals surface area contributed by atoms with E-state index >= 15 is 0 Å². The predicted octanol–water partition coefficient (Wildman–Crippen LogP) is 4.22. The highest BCUT2D eigenvalue weighted by molar-refractivity contribution is 6.00. The van der Waals surface area contributed by atoms with Gasteiger partial charge in [0.1, 0.15) is 17.3 Å². The third-order valence-electron chi connectivity index (χ3n) is 6.13. The van der Waals surface area contributed by atoms with E-state index in [9.17, 15) is 9.18 Å². The molecule has 8 heteroatoms. The van der Waals surface area contributed by atoms with Gasteiger partial charge < -0.3 is 9.80 Å². The number of benzene rings is 2. The summed E-state index contributed by atoms with van der Waals surface area (Å²) in [5.41, 5.74) is 4.28. The summed E-state index contributed by atoms with van der Waals surface area (Å²) in [6, 6.07) is 19.5. The second kappa shape index (κ2) is 9.39. The van der Waals surface area contributed by atoms with Gasteiger partial charge in [-0.25, -0.2) is 14.1 Å². The van der Waals surface area contributed by atoms with Crippen molar-refractivity contribution in [1.82, 2.24) is 19.7 Å². The van der Waals surface area contributed by atoms with E-state index in [0.29, 0.717) is 48.7 Å². The van der Waals surface area contributed by atoms with Gasteiger partial charge in [-0.1, -0.05) is 29.8 Å². The Morgan fingerprint density at radius 1 is 1.00 bits per heavy atom. The van der Waals surface area contributed by atoms with Crippen LogP contribution in [0, 0.1) is 24.1 Å². The fourth-order valence-electron chi connectivity index (χ4n) is 4.15. The minimum atomic E-state index is -0.330. The summed E-state index contributed by atoms with van der Waals surface area (Å²) in [5, 5.41) is 13.9. The average molecular weight is 467 g/mol. The Bertz CT molecular complexity index is 1400. The highest BCUT2D eigenvalue weighted by Crippen LogP contribution is 2.26. The zero-order valence-electron chi connectivity index (χ0n) is 19.2. The van der Waals surface area contributed by atoms with E-state index in [2.05, 4.69) is 16.0 Å². The molecular formula is C27H23FN6O. The number of pyridine rings is 1. The topological polar surface area (TPSA) is 78.0 Å². The number of carbonyl (C=O) groups is 1. The van der Waals surface area contributed by atoms with Crippen LogP contribution in [-0.2, 0) is 0 Å².